The van der Waals surface area contributed by atoms with Crippen molar-refractivity contribution in [1.82, 2.24) is 0 Å². The van der Waals surface area contributed by atoms with Crippen LogP contribution in [0.4, 0.5) is 0 Å². The van der Waals surface area contributed by atoms with Crippen LogP contribution in [0.1, 0.15) is 13.8 Å². The molecule has 0 heterocycles. The van der Waals surface area contributed by atoms with Crippen molar-refractivity contribution < 1.29 is 9.53 Å². The lowest BCUT2D eigenvalue weighted by Gasteiger charge is -2.17. The number of carbonyl (C=O) groups is 1. The van der Waals surface area contributed by atoms with E-state index < -0.39 is 13.4 Å². The topological polar surface area (TPSA) is 26.3 Å². The van der Waals surface area contributed by atoms with Crippen LogP contribution in [0.2, 0.25) is 13.1 Å². The Hall–Kier alpha value is -0.543. The first kappa shape index (κ1) is 12.5. The smallest absolute Gasteiger partial charge is 0.337 e. The Morgan fingerprint density at radius 1 is 1.54 bits per heavy atom. The highest BCUT2D eigenvalue weighted by Gasteiger charge is 2.26. The SMILES string of the molecule is C=C(C)C(=O)OC(=CC)[Si](C)(C)Cl. The van der Waals surface area contributed by atoms with Gasteiger partial charge in [0, 0.05) is 5.57 Å². The van der Waals surface area contributed by atoms with Crippen LogP contribution in [0, 0.1) is 0 Å². The molecule has 0 saturated carbocycles. The van der Waals surface area contributed by atoms with Gasteiger partial charge >= 0.3 is 5.97 Å². The van der Waals surface area contributed by atoms with Crippen LogP contribution in [0.3, 0.4) is 0 Å². The standard InChI is InChI=1S/C9H15ClO2Si/c1-6-8(13(4,5)10)12-9(11)7(2)3/h6H,2H2,1,3-5H3. The van der Waals surface area contributed by atoms with E-state index in [9.17, 15) is 4.79 Å². The lowest BCUT2D eigenvalue weighted by molar-refractivity contribution is -0.134. The number of halogens is 1. The molecule has 74 valence electrons. The minimum atomic E-state index is -2.05. The fourth-order valence-corrected chi connectivity index (χ4v) is 2.18. The summed E-state index contributed by atoms with van der Waals surface area (Å²) in [6.45, 7) is 10.7. The van der Waals surface area contributed by atoms with Crippen molar-refractivity contribution >= 4 is 24.4 Å². The highest BCUT2D eigenvalue weighted by atomic mass is 35.6. The Kier molecular flexibility index (Phi) is 4.43. The Morgan fingerprint density at radius 3 is 2.23 bits per heavy atom. The number of allylic oxidation sites excluding steroid dienone is 1. The quantitative estimate of drug-likeness (QED) is 0.239. The van der Waals surface area contributed by atoms with Gasteiger partial charge in [0.25, 0.3) is 0 Å². The molecule has 0 unspecified atom stereocenters. The summed E-state index contributed by atoms with van der Waals surface area (Å²) in [6, 6.07) is 0. The van der Waals surface area contributed by atoms with E-state index >= 15 is 0 Å². The van der Waals surface area contributed by atoms with Crippen molar-refractivity contribution in [3.8, 4) is 0 Å². The average Bonchev–Trinajstić information content (AvgIpc) is 1.96. The summed E-state index contributed by atoms with van der Waals surface area (Å²) in [7, 11) is -2.05. The van der Waals surface area contributed by atoms with Gasteiger partial charge in [-0.2, -0.15) is 11.1 Å². The number of esters is 1. The Balaban J connectivity index is 4.51. The Labute approximate surface area is 84.9 Å². The van der Waals surface area contributed by atoms with E-state index in [0.717, 1.165) is 0 Å². The van der Waals surface area contributed by atoms with Crippen LogP contribution in [0.25, 0.3) is 0 Å². The molecule has 0 aliphatic rings. The maximum absolute atomic E-state index is 11.2. The molecular weight excluding hydrogens is 204 g/mol. The zero-order valence-electron chi connectivity index (χ0n) is 8.48. The molecule has 0 N–H and O–H groups in total. The van der Waals surface area contributed by atoms with Gasteiger partial charge in [0.1, 0.15) is 5.38 Å². The third kappa shape index (κ3) is 4.29. The van der Waals surface area contributed by atoms with Gasteiger partial charge in [0.2, 0.25) is 7.38 Å². The number of hydrogen-bond acceptors (Lipinski definition) is 2. The molecule has 0 saturated heterocycles. The summed E-state index contributed by atoms with van der Waals surface area (Å²) in [6.07, 6.45) is 1.74. The van der Waals surface area contributed by atoms with Gasteiger partial charge in [0.15, 0.2) is 0 Å². The number of ether oxygens (including phenoxy) is 1. The summed E-state index contributed by atoms with van der Waals surface area (Å²) in [5.41, 5.74) is 0.384. The minimum absolute atomic E-state index is 0.384. The number of hydrogen-bond donors (Lipinski definition) is 0. The monoisotopic (exact) mass is 218 g/mol. The number of rotatable bonds is 3. The first-order valence-electron chi connectivity index (χ1n) is 4.02. The average molecular weight is 219 g/mol. The second kappa shape index (κ2) is 4.63. The molecule has 0 atom stereocenters. The van der Waals surface area contributed by atoms with E-state index in [2.05, 4.69) is 6.58 Å². The molecule has 0 aromatic heterocycles. The summed E-state index contributed by atoms with van der Waals surface area (Å²) >= 11 is 6.11. The highest BCUT2D eigenvalue weighted by molar-refractivity contribution is 7.22. The van der Waals surface area contributed by atoms with Gasteiger partial charge in [-0.3, -0.25) is 0 Å². The van der Waals surface area contributed by atoms with Crippen molar-refractivity contribution in [2.75, 3.05) is 0 Å². The summed E-state index contributed by atoms with van der Waals surface area (Å²) < 4.78 is 5.08. The molecule has 0 rings (SSSR count). The van der Waals surface area contributed by atoms with Crippen molar-refractivity contribution in [1.29, 1.82) is 0 Å². The Morgan fingerprint density at radius 2 is 2.00 bits per heavy atom. The lowest BCUT2D eigenvalue weighted by atomic mass is 10.4. The molecule has 0 aliphatic carbocycles. The minimum Gasteiger partial charge on any atom is -0.432 e. The van der Waals surface area contributed by atoms with Crippen molar-refractivity contribution in [3.63, 3.8) is 0 Å². The van der Waals surface area contributed by atoms with Crippen LogP contribution >= 0.6 is 11.1 Å². The summed E-state index contributed by atoms with van der Waals surface area (Å²) in [4.78, 5) is 11.2. The third-order valence-electron chi connectivity index (χ3n) is 1.40. The molecule has 0 fully saturated rings. The fourth-order valence-electron chi connectivity index (χ4n) is 0.710. The molecule has 0 aromatic carbocycles. The molecule has 4 heteroatoms. The lowest BCUT2D eigenvalue weighted by Crippen LogP contribution is -2.25. The third-order valence-corrected chi connectivity index (χ3v) is 3.52. The first-order valence-corrected chi connectivity index (χ1v) is 8.03. The van der Waals surface area contributed by atoms with Crippen LogP contribution in [-0.2, 0) is 9.53 Å². The molecule has 0 bridgehead atoms. The highest BCUT2D eigenvalue weighted by Crippen LogP contribution is 2.21. The molecule has 13 heavy (non-hydrogen) atoms. The van der Waals surface area contributed by atoms with Gasteiger partial charge in [-0.05, 0) is 26.9 Å². The van der Waals surface area contributed by atoms with Crippen molar-refractivity contribution in [2.24, 2.45) is 0 Å². The van der Waals surface area contributed by atoms with Crippen molar-refractivity contribution in [3.05, 3.63) is 23.6 Å². The molecule has 0 amide bonds. The first-order chi connectivity index (χ1) is 5.79. The normalized spacial score (nSPS) is 12.5. The Bertz CT molecular complexity index is 251. The maximum Gasteiger partial charge on any atom is 0.337 e. The van der Waals surface area contributed by atoms with Crippen LogP contribution in [0.15, 0.2) is 23.6 Å². The van der Waals surface area contributed by atoms with E-state index in [1.165, 1.54) is 0 Å². The largest absolute Gasteiger partial charge is 0.432 e. The predicted molar refractivity (Wildman–Crippen MR) is 58.0 cm³/mol. The van der Waals surface area contributed by atoms with Crippen molar-refractivity contribution in [2.45, 2.75) is 26.9 Å². The van der Waals surface area contributed by atoms with E-state index in [1.807, 2.05) is 13.1 Å². The molecule has 0 spiro atoms. The number of carbonyl (C=O) groups excluding carboxylic acids is 1. The van der Waals surface area contributed by atoms with Gasteiger partial charge in [0.05, 0.1) is 0 Å². The molecule has 0 radical (unpaired) electrons. The zero-order chi connectivity index (χ0) is 10.6. The molecule has 0 aliphatic heterocycles. The van der Waals surface area contributed by atoms with Crippen LogP contribution < -0.4 is 0 Å². The molecular formula is C9H15ClO2Si. The van der Waals surface area contributed by atoms with Gasteiger partial charge in [-0.1, -0.05) is 12.7 Å². The predicted octanol–water partition coefficient (Wildman–Crippen LogP) is 2.99. The summed E-state index contributed by atoms with van der Waals surface area (Å²) in [5.74, 6) is -0.408. The second-order valence-electron chi connectivity index (χ2n) is 3.30. The van der Waals surface area contributed by atoms with E-state index in [-0.39, 0.29) is 0 Å². The van der Waals surface area contributed by atoms with Crippen LogP contribution in [-0.4, -0.2) is 13.4 Å². The molecule has 0 aromatic rings. The van der Waals surface area contributed by atoms with E-state index in [1.54, 1.807) is 19.9 Å². The second-order valence-corrected chi connectivity index (χ2v) is 9.57. The maximum atomic E-state index is 11.2. The van der Waals surface area contributed by atoms with Gasteiger partial charge in [-0.15, -0.1) is 0 Å². The van der Waals surface area contributed by atoms with E-state index in [4.69, 9.17) is 15.8 Å². The zero-order valence-corrected chi connectivity index (χ0v) is 10.2. The fraction of sp³-hybridized carbons (Fsp3) is 0.444. The van der Waals surface area contributed by atoms with Gasteiger partial charge < -0.3 is 4.74 Å². The summed E-state index contributed by atoms with van der Waals surface area (Å²) in [5, 5.41) is 0.585. The van der Waals surface area contributed by atoms with Crippen LogP contribution in [0.5, 0.6) is 0 Å². The van der Waals surface area contributed by atoms with E-state index in [0.29, 0.717) is 11.0 Å². The molecule has 2 nitrogen and oxygen atoms in total. The van der Waals surface area contributed by atoms with Gasteiger partial charge in [-0.25, -0.2) is 4.79 Å².